The van der Waals surface area contributed by atoms with Gasteiger partial charge in [0.2, 0.25) is 0 Å². The number of methoxy groups -OCH3 is 1. The van der Waals surface area contributed by atoms with Crippen LogP contribution in [0.25, 0.3) is 0 Å². The van der Waals surface area contributed by atoms with Crippen LogP contribution in [0.15, 0.2) is 6.20 Å². The largest absolute Gasteiger partial charge is 0.493 e. The lowest BCUT2D eigenvalue weighted by Crippen LogP contribution is -2.15. The molecule has 0 spiro atoms. The van der Waals surface area contributed by atoms with Crippen molar-refractivity contribution < 1.29 is 9.53 Å². The molecule has 0 saturated heterocycles. The van der Waals surface area contributed by atoms with Gasteiger partial charge in [-0.15, -0.1) is 0 Å². The van der Waals surface area contributed by atoms with Crippen molar-refractivity contribution in [2.24, 2.45) is 0 Å². The Morgan fingerprint density at radius 3 is 2.81 bits per heavy atom. The minimum atomic E-state index is -0.0140. The summed E-state index contributed by atoms with van der Waals surface area (Å²) in [6.45, 7) is 4.13. The molecule has 16 heavy (non-hydrogen) atoms. The molecule has 0 amide bonds. The number of carbonyl (C=O) groups is 1. The van der Waals surface area contributed by atoms with E-state index in [9.17, 15) is 4.79 Å². The van der Waals surface area contributed by atoms with E-state index >= 15 is 0 Å². The zero-order valence-electron chi connectivity index (χ0n) is 10.1. The van der Waals surface area contributed by atoms with Crippen molar-refractivity contribution in [1.82, 2.24) is 9.78 Å². The van der Waals surface area contributed by atoms with Gasteiger partial charge in [-0.2, -0.15) is 5.10 Å². The molecule has 1 atom stereocenters. The van der Waals surface area contributed by atoms with Gasteiger partial charge in [-0.1, -0.05) is 0 Å². The second-order valence-electron chi connectivity index (χ2n) is 4.55. The second kappa shape index (κ2) is 4.28. The number of aromatic nitrogens is 2. The topological polar surface area (TPSA) is 44.1 Å². The van der Waals surface area contributed by atoms with Crippen molar-refractivity contribution in [3.8, 4) is 5.75 Å². The Hall–Kier alpha value is -1.32. The molecule has 1 saturated carbocycles. The van der Waals surface area contributed by atoms with Crippen LogP contribution in [0.5, 0.6) is 5.75 Å². The van der Waals surface area contributed by atoms with Crippen LogP contribution in [0.3, 0.4) is 0 Å². The molecule has 1 heterocycles. The smallest absolute Gasteiger partial charge is 0.160 e. The van der Waals surface area contributed by atoms with E-state index in [0.29, 0.717) is 12.2 Å². The van der Waals surface area contributed by atoms with Gasteiger partial charge in [0.1, 0.15) is 5.78 Å². The van der Waals surface area contributed by atoms with Gasteiger partial charge in [0.05, 0.1) is 24.9 Å². The summed E-state index contributed by atoms with van der Waals surface area (Å²) in [6, 6.07) is 0.257. The fourth-order valence-corrected chi connectivity index (χ4v) is 2.36. The summed E-state index contributed by atoms with van der Waals surface area (Å²) in [5.41, 5.74) is 0.958. The minimum absolute atomic E-state index is 0.0140. The molecule has 1 aromatic rings. The SMILES string of the molecule is COc1cnn(C(C)C)c1C1CCCC1=O. The van der Waals surface area contributed by atoms with Crippen LogP contribution in [0, 0.1) is 0 Å². The van der Waals surface area contributed by atoms with Gasteiger partial charge in [0, 0.05) is 12.5 Å². The van der Waals surface area contributed by atoms with Crippen LogP contribution in [0.2, 0.25) is 0 Å². The number of hydrogen-bond acceptors (Lipinski definition) is 3. The molecule has 0 aromatic carbocycles. The Morgan fingerprint density at radius 1 is 1.56 bits per heavy atom. The van der Waals surface area contributed by atoms with Gasteiger partial charge >= 0.3 is 0 Å². The van der Waals surface area contributed by atoms with Crippen molar-refractivity contribution in [1.29, 1.82) is 0 Å². The normalized spacial score (nSPS) is 20.8. The lowest BCUT2D eigenvalue weighted by Gasteiger charge is -2.16. The number of hydrogen-bond donors (Lipinski definition) is 0. The molecule has 1 fully saturated rings. The Bertz CT molecular complexity index is 396. The van der Waals surface area contributed by atoms with Crippen LogP contribution >= 0.6 is 0 Å². The number of nitrogens with zero attached hydrogens (tertiary/aromatic N) is 2. The van der Waals surface area contributed by atoms with E-state index in [0.717, 1.165) is 24.3 Å². The Kier molecular flexibility index (Phi) is 2.99. The first kappa shape index (κ1) is 11.2. The summed E-state index contributed by atoms with van der Waals surface area (Å²) in [5, 5.41) is 4.30. The third-order valence-electron chi connectivity index (χ3n) is 3.14. The first-order chi connectivity index (χ1) is 7.65. The van der Waals surface area contributed by atoms with Gasteiger partial charge < -0.3 is 4.74 Å². The van der Waals surface area contributed by atoms with E-state index in [1.807, 2.05) is 4.68 Å². The molecule has 0 N–H and O–H groups in total. The van der Waals surface area contributed by atoms with Crippen LogP contribution in [-0.2, 0) is 4.79 Å². The van der Waals surface area contributed by atoms with E-state index < -0.39 is 0 Å². The van der Waals surface area contributed by atoms with Crippen molar-refractivity contribution >= 4 is 5.78 Å². The maximum Gasteiger partial charge on any atom is 0.160 e. The fourth-order valence-electron chi connectivity index (χ4n) is 2.36. The maximum atomic E-state index is 11.8. The number of carbonyl (C=O) groups excluding carboxylic acids is 1. The van der Waals surface area contributed by atoms with Crippen LogP contribution in [0.1, 0.15) is 50.8 Å². The molecule has 2 rings (SSSR count). The molecule has 4 nitrogen and oxygen atoms in total. The molecular formula is C12H18N2O2. The van der Waals surface area contributed by atoms with Gasteiger partial charge in [-0.25, -0.2) is 0 Å². The summed E-state index contributed by atoms with van der Waals surface area (Å²) in [5.74, 6) is 1.05. The first-order valence-corrected chi connectivity index (χ1v) is 5.79. The van der Waals surface area contributed by atoms with Crippen LogP contribution in [0.4, 0.5) is 0 Å². The average molecular weight is 222 g/mol. The number of ether oxygens (including phenoxy) is 1. The summed E-state index contributed by atoms with van der Waals surface area (Å²) in [7, 11) is 1.63. The molecule has 1 unspecified atom stereocenters. The van der Waals surface area contributed by atoms with Crippen LogP contribution in [-0.4, -0.2) is 22.7 Å². The highest BCUT2D eigenvalue weighted by Gasteiger charge is 2.32. The molecule has 4 heteroatoms. The fraction of sp³-hybridized carbons (Fsp3) is 0.667. The van der Waals surface area contributed by atoms with Crippen molar-refractivity contribution in [2.75, 3.05) is 7.11 Å². The lowest BCUT2D eigenvalue weighted by atomic mass is 10.0. The van der Waals surface area contributed by atoms with Gasteiger partial charge in [0.25, 0.3) is 0 Å². The lowest BCUT2D eigenvalue weighted by molar-refractivity contribution is -0.118. The Labute approximate surface area is 95.6 Å². The Morgan fingerprint density at radius 2 is 2.31 bits per heavy atom. The molecule has 1 aliphatic carbocycles. The average Bonchev–Trinajstić information content (AvgIpc) is 2.82. The number of Topliss-reactive ketones (excluding diaryl/α,β-unsaturated/α-hetero) is 1. The number of ketones is 1. The maximum absolute atomic E-state index is 11.8. The second-order valence-corrected chi connectivity index (χ2v) is 4.55. The molecule has 1 aromatic heterocycles. The Balaban J connectivity index is 2.43. The summed E-state index contributed by atoms with van der Waals surface area (Å²) in [6.07, 6.45) is 4.31. The van der Waals surface area contributed by atoms with Crippen molar-refractivity contribution in [3.63, 3.8) is 0 Å². The van der Waals surface area contributed by atoms with E-state index in [1.165, 1.54) is 0 Å². The highest BCUT2D eigenvalue weighted by atomic mass is 16.5. The van der Waals surface area contributed by atoms with Gasteiger partial charge in [-0.3, -0.25) is 9.48 Å². The predicted octanol–water partition coefficient (Wildman–Crippen LogP) is 2.31. The molecule has 88 valence electrons. The summed E-state index contributed by atoms with van der Waals surface area (Å²) >= 11 is 0. The molecule has 0 radical (unpaired) electrons. The zero-order chi connectivity index (χ0) is 11.7. The van der Waals surface area contributed by atoms with E-state index in [1.54, 1.807) is 13.3 Å². The van der Waals surface area contributed by atoms with Crippen molar-refractivity contribution in [3.05, 3.63) is 11.9 Å². The van der Waals surface area contributed by atoms with Gasteiger partial charge in [-0.05, 0) is 26.7 Å². The highest BCUT2D eigenvalue weighted by molar-refractivity contribution is 5.87. The third-order valence-corrected chi connectivity index (χ3v) is 3.14. The number of rotatable bonds is 3. The summed E-state index contributed by atoms with van der Waals surface area (Å²) in [4.78, 5) is 11.8. The molecular weight excluding hydrogens is 204 g/mol. The molecule has 1 aliphatic rings. The quantitative estimate of drug-likeness (QED) is 0.788. The van der Waals surface area contributed by atoms with E-state index in [2.05, 4.69) is 18.9 Å². The highest BCUT2D eigenvalue weighted by Crippen LogP contribution is 2.37. The van der Waals surface area contributed by atoms with E-state index in [-0.39, 0.29) is 12.0 Å². The van der Waals surface area contributed by atoms with Crippen LogP contribution < -0.4 is 4.74 Å². The zero-order valence-corrected chi connectivity index (χ0v) is 10.1. The molecule has 0 aliphatic heterocycles. The third kappa shape index (κ3) is 1.72. The van der Waals surface area contributed by atoms with Crippen molar-refractivity contribution in [2.45, 2.75) is 45.1 Å². The van der Waals surface area contributed by atoms with E-state index in [4.69, 9.17) is 4.74 Å². The summed E-state index contributed by atoms with van der Waals surface area (Å²) < 4.78 is 7.21. The standard InChI is InChI=1S/C12H18N2O2/c1-8(2)14-12(11(16-3)7-13-14)9-5-4-6-10(9)15/h7-9H,4-6H2,1-3H3. The minimum Gasteiger partial charge on any atom is -0.493 e. The van der Waals surface area contributed by atoms with Gasteiger partial charge in [0.15, 0.2) is 5.75 Å². The molecule has 0 bridgehead atoms. The monoisotopic (exact) mass is 222 g/mol. The first-order valence-electron chi connectivity index (χ1n) is 5.79. The predicted molar refractivity (Wildman–Crippen MR) is 60.8 cm³/mol.